The van der Waals surface area contributed by atoms with E-state index < -0.39 is 0 Å². The van der Waals surface area contributed by atoms with Crippen molar-refractivity contribution >= 4 is 28.9 Å². The van der Waals surface area contributed by atoms with Gasteiger partial charge >= 0.3 is 0 Å². The molecule has 0 aliphatic rings. The number of carbonyl (C=O) groups is 1. The molecule has 2 aromatic rings. The molecule has 2 aromatic carbocycles. The maximum Gasteiger partial charge on any atom is 0.222 e. The van der Waals surface area contributed by atoms with Crippen LogP contribution >= 0.6 is 12.2 Å². The Bertz CT molecular complexity index is 662. The first kappa shape index (κ1) is 16.8. The van der Waals surface area contributed by atoms with Crippen LogP contribution in [0, 0.1) is 0 Å². The van der Waals surface area contributed by atoms with Crippen LogP contribution in [0.25, 0.3) is 0 Å². The number of ether oxygens (including phenoxy) is 2. The zero-order valence-electron chi connectivity index (χ0n) is 12.7. The van der Waals surface area contributed by atoms with Gasteiger partial charge in [-0.2, -0.15) is 0 Å². The summed E-state index contributed by atoms with van der Waals surface area (Å²) < 4.78 is 11.3. The van der Waals surface area contributed by atoms with Gasteiger partial charge in [-0.05, 0) is 36.5 Å². The van der Waals surface area contributed by atoms with E-state index in [9.17, 15) is 4.79 Å². The molecule has 23 heavy (non-hydrogen) atoms. The van der Waals surface area contributed by atoms with E-state index in [0.29, 0.717) is 24.7 Å². The Kier molecular flexibility index (Phi) is 6.38. The van der Waals surface area contributed by atoms with Crippen molar-refractivity contribution in [2.24, 2.45) is 0 Å². The van der Waals surface area contributed by atoms with Crippen molar-refractivity contribution in [2.75, 3.05) is 18.5 Å². The van der Waals surface area contributed by atoms with Gasteiger partial charge in [0, 0.05) is 6.92 Å². The molecule has 0 radical (unpaired) electrons. The number of benzene rings is 2. The number of nitrogens with one attached hydrogen (secondary N) is 2. The number of hydrogen-bond donors (Lipinski definition) is 2. The normalized spacial score (nSPS) is 9.78. The summed E-state index contributed by atoms with van der Waals surface area (Å²) in [7, 11) is 0. The van der Waals surface area contributed by atoms with E-state index in [1.54, 1.807) is 0 Å². The summed E-state index contributed by atoms with van der Waals surface area (Å²) in [4.78, 5) is 11.0. The lowest BCUT2D eigenvalue weighted by molar-refractivity contribution is -0.117. The van der Waals surface area contributed by atoms with E-state index in [4.69, 9.17) is 21.7 Å². The summed E-state index contributed by atoms with van der Waals surface area (Å²) in [6.45, 7) is 2.21. The summed E-state index contributed by atoms with van der Waals surface area (Å²) in [5.41, 5.74) is 0.686. The average Bonchev–Trinajstić information content (AvgIpc) is 2.53. The molecule has 0 aromatic heterocycles. The largest absolute Gasteiger partial charge is 0.490 e. The number of rotatable bonds is 6. The van der Waals surface area contributed by atoms with E-state index in [2.05, 4.69) is 10.6 Å². The van der Waals surface area contributed by atoms with Crippen LogP contribution in [0.15, 0.2) is 54.6 Å². The summed E-state index contributed by atoms with van der Waals surface area (Å²) in [6, 6.07) is 16.9. The lowest BCUT2D eigenvalue weighted by atomic mass is 10.3. The minimum absolute atomic E-state index is 0.225. The topological polar surface area (TPSA) is 59.6 Å². The SMILES string of the molecule is CC(=O)NC(=S)Nc1ccccc1OCCOc1ccccc1. The smallest absolute Gasteiger partial charge is 0.222 e. The van der Waals surface area contributed by atoms with Crippen LogP contribution in [0.5, 0.6) is 11.5 Å². The van der Waals surface area contributed by atoms with Gasteiger partial charge in [-0.1, -0.05) is 30.3 Å². The highest BCUT2D eigenvalue weighted by molar-refractivity contribution is 7.80. The minimum atomic E-state index is -0.225. The Morgan fingerprint density at radius 1 is 1.00 bits per heavy atom. The van der Waals surface area contributed by atoms with E-state index in [-0.39, 0.29) is 11.0 Å². The molecule has 0 saturated heterocycles. The van der Waals surface area contributed by atoms with E-state index >= 15 is 0 Å². The fraction of sp³-hybridized carbons (Fsp3) is 0.176. The fourth-order valence-corrected chi connectivity index (χ4v) is 2.09. The van der Waals surface area contributed by atoms with Gasteiger partial charge in [0.25, 0.3) is 0 Å². The molecule has 1 amide bonds. The van der Waals surface area contributed by atoms with Crippen LogP contribution in [-0.2, 0) is 4.79 Å². The average molecular weight is 330 g/mol. The van der Waals surface area contributed by atoms with Gasteiger partial charge in [-0.25, -0.2) is 0 Å². The van der Waals surface area contributed by atoms with Crippen LogP contribution in [-0.4, -0.2) is 24.2 Å². The standard InChI is InChI=1S/C17H18N2O3S/c1-13(20)18-17(23)19-15-9-5-6-10-16(15)22-12-11-21-14-7-3-2-4-8-14/h2-10H,11-12H2,1H3,(H2,18,19,20,23). The molecule has 0 spiro atoms. The van der Waals surface area contributed by atoms with E-state index in [0.717, 1.165) is 5.75 Å². The maximum absolute atomic E-state index is 11.0. The number of para-hydroxylation sites is 3. The minimum Gasteiger partial charge on any atom is -0.490 e. The molecule has 120 valence electrons. The number of carbonyl (C=O) groups excluding carboxylic acids is 1. The summed E-state index contributed by atoms with van der Waals surface area (Å²) >= 11 is 5.05. The Morgan fingerprint density at radius 2 is 1.65 bits per heavy atom. The lowest BCUT2D eigenvalue weighted by Crippen LogP contribution is -2.32. The van der Waals surface area contributed by atoms with Crippen molar-refractivity contribution in [1.29, 1.82) is 0 Å². The molecule has 2 N–H and O–H groups in total. The van der Waals surface area contributed by atoms with Gasteiger partial charge in [-0.3, -0.25) is 4.79 Å². The molecule has 0 saturated carbocycles. The third-order valence-electron chi connectivity index (χ3n) is 2.78. The fourth-order valence-electron chi connectivity index (χ4n) is 1.84. The molecule has 0 bridgehead atoms. The zero-order valence-corrected chi connectivity index (χ0v) is 13.6. The predicted molar refractivity (Wildman–Crippen MR) is 93.9 cm³/mol. The van der Waals surface area contributed by atoms with Crippen LogP contribution < -0.4 is 20.1 Å². The van der Waals surface area contributed by atoms with Crippen molar-refractivity contribution in [3.8, 4) is 11.5 Å². The summed E-state index contributed by atoms with van der Waals surface area (Å²) in [5.74, 6) is 1.21. The highest BCUT2D eigenvalue weighted by Gasteiger charge is 2.06. The predicted octanol–water partition coefficient (Wildman–Crippen LogP) is 2.98. The molecule has 0 heterocycles. The molecule has 5 nitrogen and oxygen atoms in total. The van der Waals surface area contributed by atoms with Crippen molar-refractivity contribution in [1.82, 2.24) is 5.32 Å². The molecule has 0 aliphatic carbocycles. The Labute approximate surface area is 140 Å². The van der Waals surface area contributed by atoms with Crippen LogP contribution in [0.2, 0.25) is 0 Å². The van der Waals surface area contributed by atoms with Crippen LogP contribution in [0.3, 0.4) is 0 Å². The third kappa shape index (κ3) is 5.96. The van der Waals surface area contributed by atoms with Crippen molar-refractivity contribution in [3.05, 3.63) is 54.6 Å². The molecule has 2 rings (SSSR count). The van der Waals surface area contributed by atoms with Gasteiger partial charge in [-0.15, -0.1) is 0 Å². The second-order valence-corrected chi connectivity index (χ2v) is 5.05. The maximum atomic E-state index is 11.0. The van der Waals surface area contributed by atoms with Crippen LogP contribution in [0.4, 0.5) is 5.69 Å². The highest BCUT2D eigenvalue weighted by atomic mass is 32.1. The van der Waals surface area contributed by atoms with E-state index in [1.807, 2.05) is 54.6 Å². The summed E-state index contributed by atoms with van der Waals surface area (Å²) in [5, 5.41) is 5.67. The van der Waals surface area contributed by atoms with Gasteiger partial charge < -0.3 is 20.1 Å². The molecular weight excluding hydrogens is 312 g/mol. The van der Waals surface area contributed by atoms with Crippen molar-refractivity contribution < 1.29 is 14.3 Å². The number of thiocarbonyl (C=S) groups is 1. The zero-order chi connectivity index (χ0) is 16.5. The molecule has 6 heteroatoms. The quantitative estimate of drug-likeness (QED) is 0.630. The first-order valence-electron chi connectivity index (χ1n) is 7.13. The summed E-state index contributed by atoms with van der Waals surface area (Å²) in [6.07, 6.45) is 0. The first-order valence-corrected chi connectivity index (χ1v) is 7.54. The Balaban J connectivity index is 1.85. The number of hydrogen-bond acceptors (Lipinski definition) is 4. The van der Waals surface area contributed by atoms with E-state index in [1.165, 1.54) is 6.92 Å². The lowest BCUT2D eigenvalue weighted by Gasteiger charge is -2.14. The number of amides is 1. The number of anilines is 1. The molecular formula is C17H18N2O3S. The van der Waals surface area contributed by atoms with Gasteiger partial charge in [0.15, 0.2) is 5.11 Å². The molecule has 0 aliphatic heterocycles. The van der Waals surface area contributed by atoms with Crippen LogP contribution in [0.1, 0.15) is 6.92 Å². The monoisotopic (exact) mass is 330 g/mol. The molecule has 0 fully saturated rings. The molecule has 0 unspecified atom stereocenters. The Hall–Kier alpha value is -2.60. The molecule has 0 atom stereocenters. The third-order valence-corrected chi connectivity index (χ3v) is 2.98. The highest BCUT2D eigenvalue weighted by Crippen LogP contribution is 2.23. The second-order valence-electron chi connectivity index (χ2n) is 4.64. The van der Waals surface area contributed by atoms with Crippen molar-refractivity contribution in [2.45, 2.75) is 6.92 Å². The first-order chi connectivity index (χ1) is 11.1. The van der Waals surface area contributed by atoms with Gasteiger partial charge in [0.05, 0.1) is 5.69 Å². The van der Waals surface area contributed by atoms with Gasteiger partial charge in [0.2, 0.25) is 5.91 Å². The van der Waals surface area contributed by atoms with Crippen molar-refractivity contribution in [3.63, 3.8) is 0 Å². The van der Waals surface area contributed by atoms with Gasteiger partial charge in [0.1, 0.15) is 24.7 Å². The second kappa shape index (κ2) is 8.75. The Morgan fingerprint density at radius 3 is 2.39 bits per heavy atom.